The minimum Gasteiger partial charge on any atom is -0.508 e. The second kappa shape index (κ2) is 5.76. The molecule has 2 aromatic rings. The SMILES string of the molecule is CC1CC2C3CC(C2C1Br)C(c1ccc(O)cc1)(c1ccc(O)cc1)C3. The van der Waals surface area contributed by atoms with Gasteiger partial charge in [0.25, 0.3) is 0 Å². The van der Waals surface area contributed by atoms with Crippen LogP contribution in [0.15, 0.2) is 48.5 Å². The van der Waals surface area contributed by atoms with Crippen LogP contribution in [0.25, 0.3) is 0 Å². The molecule has 3 aliphatic carbocycles. The highest BCUT2D eigenvalue weighted by atomic mass is 79.9. The number of aromatic hydroxyl groups is 2. The molecule has 2 nitrogen and oxygen atoms in total. The van der Waals surface area contributed by atoms with Crippen molar-refractivity contribution in [1.29, 1.82) is 0 Å². The molecule has 136 valence electrons. The summed E-state index contributed by atoms with van der Waals surface area (Å²) < 4.78 is 0. The summed E-state index contributed by atoms with van der Waals surface area (Å²) in [5, 5.41) is 19.6. The summed E-state index contributed by atoms with van der Waals surface area (Å²) in [7, 11) is 0. The van der Waals surface area contributed by atoms with E-state index in [0.29, 0.717) is 28.2 Å². The van der Waals surface area contributed by atoms with Gasteiger partial charge in [0.05, 0.1) is 0 Å². The first-order chi connectivity index (χ1) is 12.5. The van der Waals surface area contributed by atoms with Gasteiger partial charge >= 0.3 is 0 Å². The van der Waals surface area contributed by atoms with Gasteiger partial charge in [-0.1, -0.05) is 47.1 Å². The van der Waals surface area contributed by atoms with Crippen LogP contribution in [0.2, 0.25) is 0 Å². The van der Waals surface area contributed by atoms with Crippen molar-refractivity contribution in [3.8, 4) is 11.5 Å². The normalized spacial score (nSPS) is 37.0. The summed E-state index contributed by atoms with van der Waals surface area (Å²) in [5.41, 5.74) is 2.61. The van der Waals surface area contributed by atoms with Crippen LogP contribution in [0.4, 0.5) is 0 Å². The first-order valence-corrected chi connectivity index (χ1v) is 10.7. The molecule has 0 aliphatic heterocycles. The Kier molecular flexibility index (Phi) is 3.69. The van der Waals surface area contributed by atoms with E-state index in [4.69, 9.17) is 0 Å². The predicted molar refractivity (Wildman–Crippen MR) is 107 cm³/mol. The van der Waals surface area contributed by atoms with Gasteiger partial charge in [0.15, 0.2) is 0 Å². The summed E-state index contributed by atoms with van der Waals surface area (Å²) in [6.07, 6.45) is 3.83. The average molecular weight is 413 g/mol. The first kappa shape index (κ1) is 16.7. The molecule has 0 amide bonds. The number of halogens is 1. The molecule has 26 heavy (non-hydrogen) atoms. The number of rotatable bonds is 2. The third-order valence-electron chi connectivity index (χ3n) is 7.66. The van der Waals surface area contributed by atoms with Crippen molar-refractivity contribution in [3.05, 3.63) is 59.7 Å². The van der Waals surface area contributed by atoms with Gasteiger partial charge in [-0.15, -0.1) is 0 Å². The van der Waals surface area contributed by atoms with Crippen molar-refractivity contribution in [3.63, 3.8) is 0 Å². The Morgan fingerprint density at radius 2 is 1.42 bits per heavy atom. The van der Waals surface area contributed by atoms with Crippen LogP contribution < -0.4 is 0 Å². The zero-order valence-electron chi connectivity index (χ0n) is 15.0. The van der Waals surface area contributed by atoms with E-state index < -0.39 is 0 Å². The minimum absolute atomic E-state index is 0.0106. The Morgan fingerprint density at radius 3 is 1.96 bits per heavy atom. The lowest BCUT2D eigenvalue weighted by Crippen LogP contribution is -2.42. The lowest BCUT2D eigenvalue weighted by Gasteiger charge is -2.45. The van der Waals surface area contributed by atoms with Crippen molar-refractivity contribution >= 4 is 15.9 Å². The molecule has 3 fully saturated rings. The van der Waals surface area contributed by atoms with Crippen LogP contribution in [0.5, 0.6) is 11.5 Å². The second-order valence-corrected chi connectivity index (χ2v) is 9.83. The Bertz CT molecular complexity index is 768. The molecule has 2 bridgehead atoms. The van der Waals surface area contributed by atoms with Crippen LogP contribution >= 0.6 is 15.9 Å². The van der Waals surface area contributed by atoms with Crippen LogP contribution in [0.1, 0.15) is 37.3 Å². The van der Waals surface area contributed by atoms with Gasteiger partial charge < -0.3 is 10.2 Å². The lowest BCUT2D eigenvalue weighted by molar-refractivity contribution is 0.185. The van der Waals surface area contributed by atoms with Gasteiger partial charge in [0.1, 0.15) is 11.5 Å². The molecule has 0 radical (unpaired) electrons. The molecule has 0 aromatic heterocycles. The van der Waals surface area contributed by atoms with Crippen LogP contribution in [-0.4, -0.2) is 15.0 Å². The Hall–Kier alpha value is -1.48. The molecule has 2 N–H and O–H groups in total. The van der Waals surface area contributed by atoms with E-state index >= 15 is 0 Å². The number of phenolic OH excluding ortho intramolecular Hbond substituents is 2. The van der Waals surface area contributed by atoms with Gasteiger partial charge in [-0.05, 0) is 84.2 Å². The van der Waals surface area contributed by atoms with E-state index in [2.05, 4.69) is 47.1 Å². The first-order valence-electron chi connectivity index (χ1n) is 9.74. The van der Waals surface area contributed by atoms with Crippen LogP contribution in [0.3, 0.4) is 0 Å². The van der Waals surface area contributed by atoms with Crippen molar-refractivity contribution in [2.45, 2.75) is 36.4 Å². The largest absolute Gasteiger partial charge is 0.508 e. The maximum Gasteiger partial charge on any atom is 0.115 e. The fourth-order valence-corrected chi connectivity index (χ4v) is 7.67. The maximum absolute atomic E-state index is 9.81. The number of fused-ring (bicyclic) bond motifs is 5. The molecule has 0 saturated heterocycles. The van der Waals surface area contributed by atoms with Crippen molar-refractivity contribution in [2.75, 3.05) is 0 Å². The smallest absolute Gasteiger partial charge is 0.115 e. The minimum atomic E-state index is -0.0106. The Morgan fingerprint density at radius 1 is 0.885 bits per heavy atom. The molecule has 0 heterocycles. The van der Waals surface area contributed by atoms with Crippen LogP contribution in [-0.2, 0) is 5.41 Å². The van der Waals surface area contributed by atoms with Gasteiger partial charge in [-0.3, -0.25) is 0 Å². The molecule has 3 aliphatic rings. The van der Waals surface area contributed by atoms with Crippen molar-refractivity contribution in [1.82, 2.24) is 0 Å². The molecular formula is C23H25BrO2. The van der Waals surface area contributed by atoms with Gasteiger partial charge in [0.2, 0.25) is 0 Å². The summed E-state index contributed by atoms with van der Waals surface area (Å²) in [6.45, 7) is 2.39. The second-order valence-electron chi connectivity index (χ2n) is 8.77. The molecule has 3 heteroatoms. The highest BCUT2D eigenvalue weighted by molar-refractivity contribution is 9.09. The number of hydrogen-bond donors (Lipinski definition) is 2. The highest BCUT2D eigenvalue weighted by Crippen LogP contribution is 2.69. The number of benzene rings is 2. The monoisotopic (exact) mass is 412 g/mol. The summed E-state index contributed by atoms with van der Waals surface area (Å²) in [6, 6.07) is 15.7. The fraction of sp³-hybridized carbons (Fsp3) is 0.478. The summed E-state index contributed by atoms with van der Waals surface area (Å²) in [5.74, 6) is 4.34. The highest BCUT2D eigenvalue weighted by Gasteiger charge is 2.64. The van der Waals surface area contributed by atoms with E-state index in [1.165, 1.54) is 30.4 Å². The summed E-state index contributed by atoms with van der Waals surface area (Å²) >= 11 is 4.05. The fourth-order valence-electron chi connectivity index (χ4n) is 6.69. The maximum atomic E-state index is 9.81. The lowest BCUT2D eigenvalue weighted by atomic mass is 9.59. The molecule has 6 atom stereocenters. The van der Waals surface area contributed by atoms with Crippen LogP contribution in [0, 0.1) is 29.6 Å². The standard InChI is InChI=1S/C23H25BrO2/c1-13-10-19-14-11-20(21(19)22(13)24)23(12-14,15-2-6-17(25)7-3-15)16-4-8-18(26)9-5-16/h2-9,13-14,19-22,25-26H,10-12H2,1H3. The zero-order valence-corrected chi connectivity index (χ0v) is 16.6. The van der Waals surface area contributed by atoms with E-state index in [1.807, 2.05) is 24.3 Å². The average Bonchev–Trinajstić information content (AvgIpc) is 3.27. The Labute approximate surface area is 163 Å². The van der Waals surface area contributed by atoms with E-state index in [-0.39, 0.29) is 5.41 Å². The number of phenols is 2. The topological polar surface area (TPSA) is 40.5 Å². The van der Waals surface area contributed by atoms with Gasteiger partial charge in [-0.25, -0.2) is 0 Å². The van der Waals surface area contributed by atoms with E-state index in [0.717, 1.165) is 17.8 Å². The zero-order chi connectivity index (χ0) is 18.1. The Balaban J connectivity index is 1.67. The molecule has 3 saturated carbocycles. The molecular weight excluding hydrogens is 388 g/mol. The molecule has 6 unspecified atom stereocenters. The van der Waals surface area contributed by atoms with E-state index in [1.54, 1.807) is 0 Å². The molecule has 5 rings (SSSR count). The number of hydrogen-bond acceptors (Lipinski definition) is 2. The van der Waals surface area contributed by atoms with Crippen molar-refractivity contribution < 1.29 is 10.2 Å². The number of alkyl halides is 1. The molecule has 0 spiro atoms. The van der Waals surface area contributed by atoms with Gasteiger partial charge in [-0.2, -0.15) is 0 Å². The van der Waals surface area contributed by atoms with Crippen molar-refractivity contribution in [2.24, 2.45) is 29.6 Å². The third kappa shape index (κ3) is 2.16. The van der Waals surface area contributed by atoms with E-state index in [9.17, 15) is 10.2 Å². The quantitative estimate of drug-likeness (QED) is 0.642. The van der Waals surface area contributed by atoms with Gasteiger partial charge in [0, 0.05) is 10.2 Å². The molecule has 2 aromatic carbocycles. The summed E-state index contributed by atoms with van der Waals surface area (Å²) in [4.78, 5) is 0.594. The third-order valence-corrected chi connectivity index (χ3v) is 9.17. The predicted octanol–water partition coefficient (Wildman–Crippen LogP) is 5.46.